The van der Waals surface area contributed by atoms with Crippen LogP contribution in [0.15, 0.2) is 39.5 Å². The quantitative estimate of drug-likeness (QED) is 0.735. The summed E-state index contributed by atoms with van der Waals surface area (Å²) in [5, 5.41) is 7.06. The molecule has 3 rings (SSSR count). The van der Waals surface area contributed by atoms with Crippen LogP contribution in [-0.2, 0) is 0 Å². The number of amides is 1. The van der Waals surface area contributed by atoms with Gasteiger partial charge in [0.15, 0.2) is 5.82 Å². The van der Waals surface area contributed by atoms with Crippen LogP contribution >= 0.6 is 0 Å². The average Bonchev–Trinajstić information content (AvgIpc) is 3.29. The predicted molar refractivity (Wildman–Crippen MR) is 97.5 cm³/mol. The van der Waals surface area contributed by atoms with E-state index in [9.17, 15) is 4.79 Å². The van der Waals surface area contributed by atoms with Gasteiger partial charge >= 0.3 is 0 Å². The Kier molecular flexibility index (Phi) is 4.99. The first kappa shape index (κ1) is 18.0. The average molecular weight is 356 g/mol. The van der Waals surface area contributed by atoms with E-state index < -0.39 is 0 Å². The van der Waals surface area contributed by atoms with Crippen molar-refractivity contribution in [1.82, 2.24) is 19.9 Å². The third-order valence-corrected chi connectivity index (χ3v) is 4.47. The minimum Gasteiger partial charge on any atom is -0.468 e. The summed E-state index contributed by atoms with van der Waals surface area (Å²) in [5.74, 6) is 2.10. The van der Waals surface area contributed by atoms with Crippen molar-refractivity contribution in [3.8, 4) is 5.82 Å². The fourth-order valence-electron chi connectivity index (χ4n) is 3.11. The molecule has 0 saturated heterocycles. The predicted octanol–water partition coefficient (Wildman–Crippen LogP) is 3.02. The van der Waals surface area contributed by atoms with Gasteiger partial charge in [0.2, 0.25) is 0 Å². The number of hydrogen-bond donors (Lipinski definition) is 1. The zero-order valence-electron chi connectivity index (χ0n) is 15.7. The molecular formula is C19H24N4O3. The number of nitrogens with one attached hydrogen (secondary N) is 1. The minimum atomic E-state index is -0.122. The largest absolute Gasteiger partial charge is 0.468 e. The molecule has 1 amide bonds. The van der Waals surface area contributed by atoms with Gasteiger partial charge in [0.25, 0.3) is 5.91 Å². The van der Waals surface area contributed by atoms with Crippen molar-refractivity contribution in [1.29, 1.82) is 0 Å². The van der Waals surface area contributed by atoms with E-state index in [1.54, 1.807) is 6.26 Å². The lowest BCUT2D eigenvalue weighted by atomic mass is 10.2. The second-order valence-electron chi connectivity index (χ2n) is 6.62. The summed E-state index contributed by atoms with van der Waals surface area (Å²) in [6, 6.07) is 7.44. The van der Waals surface area contributed by atoms with Gasteiger partial charge in [0.05, 0.1) is 17.9 Å². The SMILES string of the molecule is Cc1cc(-n2c(C)cc(C(=O)NCC(c3ccco3)N(C)C)c2C)no1. The molecule has 0 bridgehead atoms. The van der Waals surface area contributed by atoms with Crippen LogP contribution in [0, 0.1) is 20.8 Å². The fraction of sp³-hybridized carbons (Fsp3) is 0.368. The van der Waals surface area contributed by atoms with E-state index in [2.05, 4.69) is 10.5 Å². The Hall–Kier alpha value is -2.80. The number of carbonyl (C=O) groups excluding carboxylic acids is 1. The Morgan fingerprint density at radius 1 is 1.31 bits per heavy atom. The van der Waals surface area contributed by atoms with Crippen molar-refractivity contribution >= 4 is 5.91 Å². The summed E-state index contributed by atoms with van der Waals surface area (Å²) < 4.78 is 12.6. The molecule has 0 radical (unpaired) electrons. The van der Waals surface area contributed by atoms with Crippen molar-refractivity contribution in [2.24, 2.45) is 0 Å². The van der Waals surface area contributed by atoms with E-state index in [4.69, 9.17) is 8.94 Å². The summed E-state index contributed by atoms with van der Waals surface area (Å²) in [5.41, 5.74) is 2.38. The third-order valence-electron chi connectivity index (χ3n) is 4.47. The van der Waals surface area contributed by atoms with Crippen molar-refractivity contribution < 1.29 is 13.7 Å². The van der Waals surface area contributed by atoms with Crippen LogP contribution < -0.4 is 5.32 Å². The summed E-state index contributed by atoms with van der Waals surface area (Å²) >= 11 is 0. The van der Waals surface area contributed by atoms with Crippen LogP contribution in [-0.4, -0.2) is 41.2 Å². The van der Waals surface area contributed by atoms with Gasteiger partial charge in [-0.05, 0) is 53.1 Å². The van der Waals surface area contributed by atoms with E-state index in [-0.39, 0.29) is 11.9 Å². The first-order valence-electron chi connectivity index (χ1n) is 8.49. The van der Waals surface area contributed by atoms with Crippen molar-refractivity contribution in [3.05, 3.63) is 59.0 Å². The van der Waals surface area contributed by atoms with Crippen molar-refractivity contribution in [2.75, 3.05) is 20.6 Å². The third kappa shape index (κ3) is 3.43. The molecule has 7 nitrogen and oxygen atoms in total. The highest BCUT2D eigenvalue weighted by Gasteiger charge is 2.21. The summed E-state index contributed by atoms with van der Waals surface area (Å²) in [7, 11) is 3.91. The number of carbonyl (C=O) groups is 1. The van der Waals surface area contributed by atoms with Gasteiger partial charge in [-0.1, -0.05) is 5.16 Å². The lowest BCUT2D eigenvalue weighted by Gasteiger charge is -2.22. The second-order valence-corrected chi connectivity index (χ2v) is 6.62. The second kappa shape index (κ2) is 7.21. The lowest BCUT2D eigenvalue weighted by molar-refractivity contribution is 0.0938. The Labute approximate surface area is 152 Å². The maximum absolute atomic E-state index is 12.7. The smallest absolute Gasteiger partial charge is 0.253 e. The molecule has 1 unspecified atom stereocenters. The molecule has 1 atom stereocenters. The van der Waals surface area contributed by atoms with E-state index in [1.165, 1.54) is 0 Å². The maximum Gasteiger partial charge on any atom is 0.253 e. The zero-order chi connectivity index (χ0) is 18.8. The zero-order valence-corrected chi connectivity index (χ0v) is 15.7. The molecule has 1 N–H and O–H groups in total. The number of furan rings is 1. The normalized spacial score (nSPS) is 12.5. The van der Waals surface area contributed by atoms with Crippen LogP contribution in [0.4, 0.5) is 0 Å². The van der Waals surface area contributed by atoms with Gasteiger partial charge < -0.3 is 14.3 Å². The first-order valence-corrected chi connectivity index (χ1v) is 8.49. The fourth-order valence-corrected chi connectivity index (χ4v) is 3.11. The highest BCUT2D eigenvalue weighted by molar-refractivity contribution is 5.95. The van der Waals surface area contributed by atoms with E-state index in [0.717, 1.165) is 22.9 Å². The molecule has 3 aromatic rings. The number of likely N-dealkylation sites (N-methyl/N-ethyl adjacent to an activating group) is 1. The monoisotopic (exact) mass is 356 g/mol. The van der Waals surface area contributed by atoms with E-state index in [0.29, 0.717) is 17.9 Å². The molecule has 138 valence electrons. The van der Waals surface area contributed by atoms with E-state index >= 15 is 0 Å². The molecule has 0 fully saturated rings. The van der Waals surface area contributed by atoms with Crippen LogP contribution in [0.3, 0.4) is 0 Å². The number of aryl methyl sites for hydroxylation is 2. The standard InChI is InChI=1S/C19H24N4O3/c1-12-9-15(14(3)23(12)18-10-13(2)26-21-18)19(24)20-11-16(22(4)5)17-7-6-8-25-17/h6-10,16H,11H2,1-5H3,(H,20,24). The molecule has 26 heavy (non-hydrogen) atoms. The molecule has 0 saturated carbocycles. The van der Waals surface area contributed by atoms with Gasteiger partial charge in [-0.25, -0.2) is 0 Å². The highest BCUT2D eigenvalue weighted by atomic mass is 16.5. The van der Waals surface area contributed by atoms with Gasteiger partial charge in [0.1, 0.15) is 11.5 Å². The maximum atomic E-state index is 12.7. The molecule has 0 aliphatic rings. The minimum absolute atomic E-state index is 0.0318. The van der Waals surface area contributed by atoms with Crippen molar-refractivity contribution in [2.45, 2.75) is 26.8 Å². The van der Waals surface area contributed by atoms with Gasteiger partial charge in [-0.15, -0.1) is 0 Å². The molecule has 3 heterocycles. The van der Waals surface area contributed by atoms with Crippen molar-refractivity contribution in [3.63, 3.8) is 0 Å². The van der Waals surface area contributed by atoms with Gasteiger partial charge in [0, 0.05) is 24.0 Å². The summed E-state index contributed by atoms with van der Waals surface area (Å²) in [4.78, 5) is 14.8. The molecule has 0 aromatic carbocycles. The molecule has 7 heteroatoms. The Bertz CT molecular complexity index is 890. The number of nitrogens with zero attached hydrogens (tertiary/aromatic N) is 3. The summed E-state index contributed by atoms with van der Waals surface area (Å²) in [6.45, 7) is 6.14. The topological polar surface area (TPSA) is 76.4 Å². The van der Waals surface area contributed by atoms with Crippen LogP contribution in [0.2, 0.25) is 0 Å². The highest BCUT2D eigenvalue weighted by Crippen LogP contribution is 2.22. The lowest BCUT2D eigenvalue weighted by Crippen LogP contribution is -2.34. The molecule has 0 spiro atoms. The molecule has 0 aliphatic heterocycles. The van der Waals surface area contributed by atoms with E-state index in [1.807, 2.05) is 68.6 Å². The van der Waals surface area contributed by atoms with Crippen LogP contribution in [0.5, 0.6) is 0 Å². The first-order chi connectivity index (χ1) is 12.4. The molecule has 3 aromatic heterocycles. The number of hydrogen-bond acceptors (Lipinski definition) is 5. The molecular weight excluding hydrogens is 332 g/mol. The Morgan fingerprint density at radius 2 is 2.08 bits per heavy atom. The number of rotatable bonds is 6. The van der Waals surface area contributed by atoms with Gasteiger partial charge in [-0.2, -0.15) is 0 Å². The summed E-state index contributed by atoms with van der Waals surface area (Å²) in [6.07, 6.45) is 1.64. The Balaban J connectivity index is 1.78. The van der Waals surface area contributed by atoms with Gasteiger partial charge in [-0.3, -0.25) is 14.3 Å². The van der Waals surface area contributed by atoms with Crippen LogP contribution in [0.25, 0.3) is 5.82 Å². The Morgan fingerprint density at radius 3 is 2.65 bits per heavy atom. The molecule has 0 aliphatic carbocycles. The number of aromatic nitrogens is 2. The van der Waals surface area contributed by atoms with Crippen LogP contribution in [0.1, 0.15) is 39.3 Å².